The smallest absolute Gasteiger partial charge is 0.363 e. The molecule has 1 amide bonds. The normalized spacial score (nSPS) is 20.3. The number of rotatable bonds is 2. The van der Waals surface area contributed by atoms with Crippen molar-refractivity contribution in [3.63, 3.8) is 0 Å². The van der Waals surface area contributed by atoms with Crippen LogP contribution in [0.1, 0.15) is 45.6 Å². The monoisotopic (exact) mass is 504 g/mol. The average Bonchev–Trinajstić information content (AvgIpc) is 3.21. The van der Waals surface area contributed by atoms with E-state index in [1.807, 2.05) is 24.3 Å². The molecular formula is C23H20BrF3N4O. The van der Waals surface area contributed by atoms with Gasteiger partial charge in [0.25, 0.3) is 5.91 Å². The largest absolute Gasteiger partial charge is 0.410 e. The Morgan fingerprint density at radius 1 is 1.09 bits per heavy atom. The predicted molar refractivity (Wildman–Crippen MR) is 117 cm³/mol. The SMILES string of the molecule is O=C(c1cnn2c1N[C@H](c1ccc(Br)cc1)C[C@H]2C(F)(F)F)N1CCc2ccccc2C1. The van der Waals surface area contributed by atoms with Crippen molar-refractivity contribution in [1.29, 1.82) is 0 Å². The number of alkyl halides is 3. The molecule has 2 aliphatic heterocycles. The van der Waals surface area contributed by atoms with Crippen LogP contribution in [0.2, 0.25) is 0 Å². The van der Waals surface area contributed by atoms with Crippen molar-refractivity contribution in [2.45, 2.75) is 37.6 Å². The number of nitrogens with one attached hydrogen (secondary N) is 1. The molecule has 0 fully saturated rings. The van der Waals surface area contributed by atoms with E-state index in [4.69, 9.17) is 0 Å². The minimum absolute atomic E-state index is 0.121. The lowest BCUT2D eigenvalue weighted by Crippen LogP contribution is -2.38. The molecule has 3 heterocycles. The Hall–Kier alpha value is -2.81. The summed E-state index contributed by atoms with van der Waals surface area (Å²) >= 11 is 3.35. The summed E-state index contributed by atoms with van der Waals surface area (Å²) in [4.78, 5) is 15.0. The van der Waals surface area contributed by atoms with E-state index in [-0.39, 0.29) is 23.7 Å². The number of hydrogen-bond donors (Lipinski definition) is 1. The van der Waals surface area contributed by atoms with Gasteiger partial charge in [0, 0.05) is 24.0 Å². The van der Waals surface area contributed by atoms with Crippen LogP contribution >= 0.6 is 15.9 Å². The zero-order valence-corrected chi connectivity index (χ0v) is 18.5. The van der Waals surface area contributed by atoms with Gasteiger partial charge in [-0.05, 0) is 35.2 Å². The zero-order chi connectivity index (χ0) is 22.5. The number of benzene rings is 2. The van der Waals surface area contributed by atoms with Gasteiger partial charge in [-0.25, -0.2) is 4.68 Å². The number of fused-ring (bicyclic) bond motifs is 2. The summed E-state index contributed by atoms with van der Waals surface area (Å²) in [6.07, 6.45) is -2.72. The average molecular weight is 505 g/mol. The molecule has 0 unspecified atom stereocenters. The van der Waals surface area contributed by atoms with Gasteiger partial charge in [-0.3, -0.25) is 4.79 Å². The van der Waals surface area contributed by atoms with Crippen molar-refractivity contribution < 1.29 is 18.0 Å². The van der Waals surface area contributed by atoms with Gasteiger partial charge in [0.2, 0.25) is 0 Å². The van der Waals surface area contributed by atoms with Gasteiger partial charge in [0.1, 0.15) is 11.4 Å². The fourth-order valence-electron chi connectivity index (χ4n) is 4.47. The lowest BCUT2D eigenvalue weighted by Gasteiger charge is -2.34. The summed E-state index contributed by atoms with van der Waals surface area (Å²) in [6, 6.07) is 12.7. The third kappa shape index (κ3) is 3.79. The Balaban J connectivity index is 1.48. The number of anilines is 1. The number of aromatic nitrogens is 2. The van der Waals surface area contributed by atoms with Crippen LogP contribution in [0.3, 0.4) is 0 Å². The lowest BCUT2D eigenvalue weighted by molar-refractivity contribution is -0.173. The lowest BCUT2D eigenvalue weighted by atomic mass is 9.96. The molecule has 1 aromatic heterocycles. The summed E-state index contributed by atoms with van der Waals surface area (Å²) in [7, 11) is 0. The molecule has 0 spiro atoms. The van der Waals surface area contributed by atoms with Crippen LogP contribution in [-0.4, -0.2) is 33.3 Å². The van der Waals surface area contributed by atoms with Crippen LogP contribution in [0.4, 0.5) is 19.0 Å². The molecule has 0 saturated carbocycles. The molecule has 1 N–H and O–H groups in total. The minimum atomic E-state index is -4.49. The summed E-state index contributed by atoms with van der Waals surface area (Å²) in [5, 5.41) is 7.15. The maximum absolute atomic E-state index is 13.9. The quantitative estimate of drug-likeness (QED) is 0.500. The molecule has 5 nitrogen and oxygen atoms in total. The van der Waals surface area contributed by atoms with Gasteiger partial charge in [-0.15, -0.1) is 0 Å². The molecule has 2 atom stereocenters. The standard InChI is InChI=1S/C23H20BrF3N4O/c24-17-7-5-15(6-8-17)19-11-20(23(25,26)27)31-21(29-19)18(12-28-31)22(32)30-10-9-14-3-1-2-4-16(14)13-30/h1-8,12,19-20,29H,9-11,13H2/t19-,20-/m0/s1. The van der Waals surface area contributed by atoms with Gasteiger partial charge >= 0.3 is 6.18 Å². The molecule has 2 aliphatic rings. The van der Waals surface area contributed by atoms with E-state index in [0.717, 1.165) is 20.3 Å². The molecule has 0 radical (unpaired) electrons. The highest BCUT2D eigenvalue weighted by Crippen LogP contribution is 2.44. The molecule has 0 bridgehead atoms. The van der Waals surface area contributed by atoms with Crippen molar-refractivity contribution in [3.05, 3.63) is 81.5 Å². The van der Waals surface area contributed by atoms with Crippen LogP contribution in [0.5, 0.6) is 0 Å². The molecule has 9 heteroatoms. The van der Waals surface area contributed by atoms with Gasteiger partial charge in [-0.2, -0.15) is 18.3 Å². The van der Waals surface area contributed by atoms with Crippen molar-refractivity contribution >= 4 is 27.7 Å². The fourth-order valence-corrected chi connectivity index (χ4v) is 4.74. The van der Waals surface area contributed by atoms with Crippen molar-refractivity contribution in [2.24, 2.45) is 0 Å². The Morgan fingerprint density at radius 2 is 1.81 bits per heavy atom. The highest BCUT2D eigenvalue weighted by atomic mass is 79.9. The van der Waals surface area contributed by atoms with E-state index >= 15 is 0 Å². The Labute approximate surface area is 191 Å². The first-order chi connectivity index (χ1) is 15.3. The highest BCUT2D eigenvalue weighted by molar-refractivity contribution is 9.10. The number of carbonyl (C=O) groups is 1. The molecule has 0 aliphatic carbocycles. The molecule has 3 aromatic rings. The second-order valence-corrected chi connectivity index (χ2v) is 9.05. The van der Waals surface area contributed by atoms with E-state index in [2.05, 4.69) is 26.3 Å². The van der Waals surface area contributed by atoms with E-state index in [9.17, 15) is 18.0 Å². The van der Waals surface area contributed by atoms with Gasteiger partial charge < -0.3 is 10.2 Å². The van der Waals surface area contributed by atoms with E-state index in [1.165, 1.54) is 11.8 Å². The second-order valence-electron chi connectivity index (χ2n) is 8.14. The van der Waals surface area contributed by atoms with Crippen LogP contribution in [0, 0.1) is 0 Å². The Kier molecular flexibility index (Phi) is 5.23. The summed E-state index contributed by atoms with van der Waals surface area (Å²) in [5.74, 6) is -0.194. The van der Waals surface area contributed by atoms with Crippen molar-refractivity contribution in [1.82, 2.24) is 14.7 Å². The first-order valence-electron chi connectivity index (χ1n) is 10.3. The summed E-state index contributed by atoms with van der Waals surface area (Å²) in [5.41, 5.74) is 3.14. The number of amides is 1. The highest BCUT2D eigenvalue weighted by Gasteiger charge is 2.47. The van der Waals surface area contributed by atoms with E-state index in [0.29, 0.717) is 19.5 Å². The molecule has 166 valence electrons. The fraction of sp³-hybridized carbons (Fsp3) is 0.304. The number of halogens is 4. The topological polar surface area (TPSA) is 50.2 Å². The number of nitrogens with zero attached hydrogens (tertiary/aromatic N) is 3. The predicted octanol–water partition coefficient (Wildman–Crippen LogP) is 5.50. The number of carbonyl (C=O) groups excluding carboxylic acids is 1. The first kappa shape index (κ1) is 21.1. The Morgan fingerprint density at radius 3 is 2.53 bits per heavy atom. The summed E-state index contributed by atoms with van der Waals surface area (Å²) in [6.45, 7) is 0.942. The van der Waals surface area contributed by atoms with Crippen LogP contribution < -0.4 is 5.32 Å². The van der Waals surface area contributed by atoms with Crippen LogP contribution in [-0.2, 0) is 13.0 Å². The minimum Gasteiger partial charge on any atom is -0.363 e. The van der Waals surface area contributed by atoms with Crippen LogP contribution in [0.15, 0.2) is 59.2 Å². The van der Waals surface area contributed by atoms with Gasteiger partial charge in [-0.1, -0.05) is 52.3 Å². The third-order valence-corrected chi connectivity index (χ3v) is 6.69. The molecule has 32 heavy (non-hydrogen) atoms. The summed E-state index contributed by atoms with van der Waals surface area (Å²) < 4.78 is 43.5. The molecule has 0 saturated heterocycles. The van der Waals surface area contributed by atoms with Gasteiger partial charge in [0.15, 0.2) is 6.04 Å². The first-order valence-corrected chi connectivity index (χ1v) is 11.1. The maximum Gasteiger partial charge on any atom is 0.410 e. The van der Waals surface area contributed by atoms with E-state index in [1.54, 1.807) is 29.2 Å². The van der Waals surface area contributed by atoms with Crippen molar-refractivity contribution in [2.75, 3.05) is 11.9 Å². The maximum atomic E-state index is 13.9. The second kappa shape index (κ2) is 7.95. The van der Waals surface area contributed by atoms with Crippen molar-refractivity contribution in [3.8, 4) is 0 Å². The molecule has 5 rings (SSSR count). The third-order valence-electron chi connectivity index (χ3n) is 6.16. The molecular weight excluding hydrogens is 485 g/mol. The van der Waals surface area contributed by atoms with E-state index < -0.39 is 18.3 Å². The molecule has 2 aromatic carbocycles. The zero-order valence-electron chi connectivity index (χ0n) is 16.9. The van der Waals surface area contributed by atoms with Gasteiger partial charge in [0.05, 0.1) is 12.2 Å². The van der Waals surface area contributed by atoms with Crippen LogP contribution in [0.25, 0.3) is 0 Å². The number of hydrogen-bond acceptors (Lipinski definition) is 3. The Bertz CT molecular complexity index is 1160.